The summed E-state index contributed by atoms with van der Waals surface area (Å²) in [5.41, 5.74) is 4.75. The molecule has 0 bridgehead atoms. The second-order valence-electron chi connectivity index (χ2n) is 6.50. The van der Waals surface area contributed by atoms with Crippen LogP contribution < -0.4 is 5.32 Å². The fraction of sp³-hybridized carbons (Fsp3) is 0.350. The normalized spacial score (nSPS) is 18.7. The van der Waals surface area contributed by atoms with Crippen LogP contribution in [0.4, 0.5) is 0 Å². The summed E-state index contributed by atoms with van der Waals surface area (Å²) in [6, 6.07) is 12.5. The number of fused-ring (bicyclic) bond motifs is 1. The number of hydrogen-bond acceptors (Lipinski definition) is 2. The van der Waals surface area contributed by atoms with Crippen LogP contribution in [0.5, 0.6) is 0 Å². The molecule has 26 heavy (non-hydrogen) atoms. The monoisotopic (exact) mass is 413 g/mol. The van der Waals surface area contributed by atoms with Crippen LogP contribution >= 0.6 is 35.6 Å². The van der Waals surface area contributed by atoms with Gasteiger partial charge in [-0.1, -0.05) is 47.5 Å². The zero-order valence-electron chi connectivity index (χ0n) is 14.5. The Labute approximate surface area is 170 Å². The molecule has 0 aliphatic heterocycles. The van der Waals surface area contributed by atoms with Crippen LogP contribution in [0.3, 0.4) is 0 Å². The lowest BCUT2D eigenvalue weighted by Gasteiger charge is -2.32. The minimum absolute atomic E-state index is 0. The Morgan fingerprint density at radius 3 is 2.54 bits per heavy atom. The van der Waals surface area contributed by atoms with Gasteiger partial charge in [-0.3, -0.25) is 4.79 Å². The Balaban J connectivity index is 0.00000243. The summed E-state index contributed by atoms with van der Waals surface area (Å²) in [4.78, 5) is 10.9. The van der Waals surface area contributed by atoms with Gasteiger partial charge in [-0.05, 0) is 60.7 Å². The molecule has 6 heteroatoms. The smallest absolute Gasteiger partial charge is 0.303 e. The van der Waals surface area contributed by atoms with Gasteiger partial charge in [0.2, 0.25) is 0 Å². The lowest BCUT2D eigenvalue weighted by Crippen LogP contribution is -2.24. The standard InChI is InChI=1S/C20H21Cl2NO2.ClH/c1-23-19-8-6-14(13-4-7-17(21)18(22)11-13)16-10-12(2-5-15(16)19)3-9-20(24)25;/h2,4-5,7,10-11,14,19,23H,3,6,8-9H2,1H3,(H,24,25);1H/t14-,19-;/m0./s1. The van der Waals surface area contributed by atoms with Crippen LogP contribution in [0.25, 0.3) is 0 Å². The van der Waals surface area contributed by atoms with Crippen molar-refractivity contribution in [1.29, 1.82) is 0 Å². The van der Waals surface area contributed by atoms with Crippen LogP contribution in [0.2, 0.25) is 10.0 Å². The lowest BCUT2D eigenvalue weighted by atomic mass is 9.76. The molecule has 0 radical (unpaired) electrons. The molecule has 0 spiro atoms. The first kappa shape index (κ1) is 21.0. The van der Waals surface area contributed by atoms with Crippen LogP contribution in [-0.4, -0.2) is 18.1 Å². The number of carbonyl (C=O) groups is 1. The predicted octanol–water partition coefficient (Wildman–Crippen LogP) is 5.62. The molecule has 0 fully saturated rings. The number of carboxylic acids is 1. The van der Waals surface area contributed by atoms with E-state index in [-0.39, 0.29) is 24.7 Å². The van der Waals surface area contributed by atoms with Gasteiger partial charge >= 0.3 is 5.97 Å². The third-order valence-electron chi connectivity index (χ3n) is 4.97. The molecule has 2 aromatic carbocycles. The van der Waals surface area contributed by atoms with Crippen molar-refractivity contribution in [2.45, 2.75) is 37.6 Å². The number of halogens is 3. The van der Waals surface area contributed by atoms with E-state index in [1.165, 1.54) is 11.1 Å². The van der Waals surface area contributed by atoms with Gasteiger partial charge in [-0.25, -0.2) is 0 Å². The SMILES string of the molecule is CN[C@H]1CC[C@@H](c2ccc(Cl)c(Cl)c2)c2cc(CCC(=O)O)ccc21.Cl. The van der Waals surface area contributed by atoms with Crippen molar-refractivity contribution >= 4 is 41.6 Å². The third kappa shape index (κ3) is 4.52. The van der Waals surface area contributed by atoms with Gasteiger partial charge in [-0.2, -0.15) is 0 Å². The summed E-state index contributed by atoms with van der Waals surface area (Å²) >= 11 is 12.3. The molecule has 0 saturated heterocycles. The molecule has 0 saturated carbocycles. The molecule has 140 valence electrons. The van der Waals surface area contributed by atoms with Crippen LogP contribution in [0.15, 0.2) is 36.4 Å². The minimum atomic E-state index is -0.771. The van der Waals surface area contributed by atoms with Gasteiger partial charge in [-0.15, -0.1) is 12.4 Å². The van der Waals surface area contributed by atoms with Gasteiger partial charge in [0.15, 0.2) is 0 Å². The largest absolute Gasteiger partial charge is 0.481 e. The first-order chi connectivity index (χ1) is 12.0. The van der Waals surface area contributed by atoms with E-state index < -0.39 is 5.97 Å². The lowest BCUT2D eigenvalue weighted by molar-refractivity contribution is -0.136. The average molecular weight is 415 g/mol. The number of rotatable bonds is 5. The highest BCUT2D eigenvalue weighted by atomic mass is 35.5. The first-order valence-corrected chi connectivity index (χ1v) is 9.22. The Bertz CT molecular complexity index is 795. The van der Waals surface area contributed by atoms with Gasteiger partial charge < -0.3 is 10.4 Å². The number of carboxylic acid groups (broad SMARTS) is 1. The topological polar surface area (TPSA) is 49.3 Å². The first-order valence-electron chi connectivity index (χ1n) is 8.46. The maximum atomic E-state index is 10.9. The summed E-state index contributed by atoms with van der Waals surface area (Å²) in [5.74, 6) is -0.522. The molecule has 2 atom stereocenters. The summed E-state index contributed by atoms with van der Waals surface area (Å²) in [6.45, 7) is 0. The van der Waals surface area contributed by atoms with Crippen LogP contribution in [-0.2, 0) is 11.2 Å². The molecule has 3 nitrogen and oxygen atoms in total. The van der Waals surface area contributed by atoms with Crippen molar-refractivity contribution in [3.63, 3.8) is 0 Å². The molecule has 0 heterocycles. The number of aryl methyl sites for hydroxylation is 1. The molecule has 2 N–H and O–H groups in total. The van der Waals surface area contributed by atoms with Crippen molar-refractivity contribution in [1.82, 2.24) is 5.32 Å². The highest BCUT2D eigenvalue weighted by Gasteiger charge is 2.28. The molecular weight excluding hydrogens is 393 g/mol. The Hall–Kier alpha value is -1.26. The fourth-order valence-corrected chi connectivity index (χ4v) is 3.98. The molecule has 1 aliphatic rings. The molecule has 0 aromatic heterocycles. The van der Waals surface area contributed by atoms with E-state index in [1.54, 1.807) is 0 Å². The fourth-order valence-electron chi connectivity index (χ4n) is 3.67. The van der Waals surface area contributed by atoms with Gasteiger partial charge in [0, 0.05) is 18.4 Å². The van der Waals surface area contributed by atoms with E-state index in [4.69, 9.17) is 28.3 Å². The predicted molar refractivity (Wildman–Crippen MR) is 109 cm³/mol. The second-order valence-corrected chi connectivity index (χ2v) is 7.32. The van der Waals surface area contributed by atoms with E-state index in [1.807, 2.05) is 31.3 Å². The van der Waals surface area contributed by atoms with Crippen LogP contribution in [0.1, 0.15) is 53.5 Å². The van der Waals surface area contributed by atoms with Gasteiger partial charge in [0.05, 0.1) is 10.0 Å². The zero-order valence-corrected chi connectivity index (χ0v) is 16.8. The van der Waals surface area contributed by atoms with E-state index in [0.29, 0.717) is 22.5 Å². The van der Waals surface area contributed by atoms with Gasteiger partial charge in [0.25, 0.3) is 0 Å². The molecule has 3 rings (SSSR count). The van der Waals surface area contributed by atoms with E-state index in [0.717, 1.165) is 24.0 Å². The molecular formula is C20H22Cl3NO2. The number of nitrogens with one attached hydrogen (secondary N) is 1. The molecule has 1 aliphatic carbocycles. The zero-order chi connectivity index (χ0) is 18.0. The van der Waals surface area contributed by atoms with Crippen molar-refractivity contribution < 1.29 is 9.90 Å². The highest BCUT2D eigenvalue weighted by molar-refractivity contribution is 6.42. The summed E-state index contributed by atoms with van der Waals surface area (Å²) in [6.07, 6.45) is 2.74. The van der Waals surface area contributed by atoms with E-state index in [2.05, 4.69) is 17.4 Å². The van der Waals surface area contributed by atoms with Crippen molar-refractivity contribution in [3.05, 3.63) is 68.7 Å². The Morgan fingerprint density at radius 1 is 1.12 bits per heavy atom. The number of benzene rings is 2. The van der Waals surface area contributed by atoms with Gasteiger partial charge in [0.1, 0.15) is 0 Å². The number of hydrogen-bond donors (Lipinski definition) is 2. The maximum absolute atomic E-state index is 10.9. The molecule has 0 amide bonds. The second kappa shape index (κ2) is 9.09. The summed E-state index contributed by atoms with van der Waals surface area (Å²) < 4.78 is 0. The Morgan fingerprint density at radius 2 is 1.88 bits per heavy atom. The van der Waals surface area contributed by atoms with Crippen LogP contribution in [0, 0.1) is 0 Å². The summed E-state index contributed by atoms with van der Waals surface area (Å²) in [5, 5.41) is 13.5. The van der Waals surface area contributed by atoms with Crippen molar-refractivity contribution in [3.8, 4) is 0 Å². The van der Waals surface area contributed by atoms with E-state index in [9.17, 15) is 4.79 Å². The van der Waals surface area contributed by atoms with Crippen molar-refractivity contribution in [2.24, 2.45) is 0 Å². The van der Waals surface area contributed by atoms with Crippen molar-refractivity contribution in [2.75, 3.05) is 7.05 Å². The summed E-state index contributed by atoms with van der Waals surface area (Å²) in [7, 11) is 1.98. The third-order valence-corrected chi connectivity index (χ3v) is 5.71. The quantitative estimate of drug-likeness (QED) is 0.667. The van der Waals surface area contributed by atoms with E-state index >= 15 is 0 Å². The maximum Gasteiger partial charge on any atom is 0.303 e. The molecule has 2 aromatic rings. The minimum Gasteiger partial charge on any atom is -0.481 e. The Kier molecular flexibility index (Phi) is 7.36. The highest BCUT2D eigenvalue weighted by Crippen LogP contribution is 2.42. The average Bonchev–Trinajstić information content (AvgIpc) is 2.61. The molecule has 0 unspecified atom stereocenters. The number of aliphatic carboxylic acids is 1.